The number of hydrazone groups is 1. The summed E-state index contributed by atoms with van der Waals surface area (Å²) in [5.41, 5.74) is 10.7. The van der Waals surface area contributed by atoms with Gasteiger partial charge in [-0.05, 0) is 35.8 Å². The quantitative estimate of drug-likeness (QED) is 0.439. The van der Waals surface area contributed by atoms with Crippen LogP contribution in [-0.4, -0.2) is 21.1 Å². The minimum Gasteiger partial charge on any atom is -0.375 e. The maximum Gasteiger partial charge on any atom is 0.184 e. The van der Waals surface area contributed by atoms with E-state index in [0.29, 0.717) is 0 Å². The standard InChI is InChI=1S/C15H13N5S2/c16-15(21)18-17-9-11-10-20(12-5-2-1-3-6-12)19-14(11)13-7-4-8-22-13/h1-10H,(H3,16,18,21). The van der Waals surface area contributed by atoms with Crippen molar-refractivity contribution in [2.45, 2.75) is 0 Å². The van der Waals surface area contributed by atoms with E-state index in [4.69, 9.17) is 18.0 Å². The van der Waals surface area contributed by atoms with Crippen LogP contribution in [0.4, 0.5) is 0 Å². The molecule has 7 heteroatoms. The molecule has 5 nitrogen and oxygen atoms in total. The number of nitrogens with one attached hydrogen (secondary N) is 1. The molecule has 0 unspecified atom stereocenters. The van der Waals surface area contributed by atoms with Gasteiger partial charge >= 0.3 is 0 Å². The van der Waals surface area contributed by atoms with Crippen LogP contribution in [0.5, 0.6) is 0 Å². The molecular formula is C15H13N5S2. The highest BCUT2D eigenvalue weighted by Gasteiger charge is 2.11. The van der Waals surface area contributed by atoms with Crippen molar-refractivity contribution in [3.05, 3.63) is 59.6 Å². The summed E-state index contributed by atoms with van der Waals surface area (Å²) in [5, 5.41) is 10.8. The molecule has 3 aromatic rings. The predicted octanol–water partition coefficient (Wildman–Crippen LogP) is 2.77. The number of benzene rings is 1. The van der Waals surface area contributed by atoms with Crippen LogP contribution in [0.3, 0.4) is 0 Å². The van der Waals surface area contributed by atoms with Crippen LogP contribution in [-0.2, 0) is 0 Å². The lowest BCUT2D eigenvalue weighted by atomic mass is 10.2. The largest absolute Gasteiger partial charge is 0.375 e. The lowest BCUT2D eigenvalue weighted by Gasteiger charge is -1.98. The van der Waals surface area contributed by atoms with Crippen molar-refractivity contribution in [1.29, 1.82) is 0 Å². The first-order valence-corrected chi connectivity index (χ1v) is 7.80. The van der Waals surface area contributed by atoms with Gasteiger partial charge in [-0.25, -0.2) is 4.68 Å². The Balaban J connectivity index is 2.01. The van der Waals surface area contributed by atoms with E-state index in [1.165, 1.54) is 0 Å². The van der Waals surface area contributed by atoms with Gasteiger partial charge in [0.25, 0.3) is 0 Å². The van der Waals surface area contributed by atoms with Crippen LogP contribution in [0.1, 0.15) is 5.56 Å². The number of para-hydroxylation sites is 1. The van der Waals surface area contributed by atoms with Crippen molar-refractivity contribution in [2.75, 3.05) is 0 Å². The topological polar surface area (TPSA) is 68.2 Å². The zero-order chi connectivity index (χ0) is 15.4. The molecule has 3 N–H and O–H groups in total. The zero-order valence-corrected chi connectivity index (χ0v) is 13.1. The maximum absolute atomic E-state index is 5.37. The van der Waals surface area contributed by atoms with Gasteiger partial charge in [0.15, 0.2) is 5.11 Å². The third-order valence-corrected chi connectivity index (χ3v) is 3.86. The summed E-state index contributed by atoms with van der Waals surface area (Å²) >= 11 is 6.37. The van der Waals surface area contributed by atoms with Crippen LogP contribution >= 0.6 is 23.6 Å². The lowest BCUT2D eigenvalue weighted by Crippen LogP contribution is -2.23. The number of thiophene rings is 1. The molecule has 0 bridgehead atoms. The van der Waals surface area contributed by atoms with Crippen LogP contribution in [0.2, 0.25) is 0 Å². The van der Waals surface area contributed by atoms with Gasteiger partial charge in [0.05, 0.1) is 16.8 Å². The smallest absolute Gasteiger partial charge is 0.184 e. The number of aromatic nitrogens is 2. The predicted molar refractivity (Wildman–Crippen MR) is 94.4 cm³/mol. The molecule has 2 heterocycles. The molecule has 0 radical (unpaired) electrons. The molecule has 0 saturated carbocycles. The molecule has 0 saturated heterocycles. The van der Waals surface area contributed by atoms with E-state index in [1.54, 1.807) is 17.6 Å². The monoisotopic (exact) mass is 327 g/mol. The van der Waals surface area contributed by atoms with E-state index in [0.717, 1.165) is 21.8 Å². The Labute approximate surface area is 137 Å². The molecule has 0 atom stereocenters. The summed E-state index contributed by atoms with van der Waals surface area (Å²) in [5.74, 6) is 0. The zero-order valence-electron chi connectivity index (χ0n) is 11.5. The van der Waals surface area contributed by atoms with Gasteiger partial charge in [-0.1, -0.05) is 24.3 Å². The van der Waals surface area contributed by atoms with Crippen molar-refractivity contribution in [3.8, 4) is 16.3 Å². The van der Waals surface area contributed by atoms with Gasteiger partial charge in [-0.2, -0.15) is 10.2 Å². The van der Waals surface area contributed by atoms with Crippen molar-refractivity contribution in [3.63, 3.8) is 0 Å². The van der Waals surface area contributed by atoms with E-state index in [9.17, 15) is 0 Å². The number of nitrogens with two attached hydrogens (primary N) is 1. The Hall–Kier alpha value is -2.51. The Morgan fingerprint density at radius 2 is 2.09 bits per heavy atom. The third-order valence-electron chi connectivity index (χ3n) is 2.90. The van der Waals surface area contributed by atoms with Gasteiger partial charge < -0.3 is 5.73 Å². The molecule has 3 rings (SSSR count). The highest BCUT2D eigenvalue weighted by Crippen LogP contribution is 2.26. The van der Waals surface area contributed by atoms with E-state index >= 15 is 0 Å². The first kappa shape index (κ1) is 14.4. The highest BCUT2D eigenvalue weighted by atomic mass is 32.1. The van der Waals surface area contributed by atoms with Crippen LogP contribution < -0.4 is 11.2 Å². The van der Waals surface area contributed by atoms with Crippen molar-refractivity contribution < 1.29 is 0 Å². The van der Waals surface area contributed by atoms with Crippen LogP contribution in [0, 0.1) is 0 Å². The molecule has 0 spiro atoms. The van der Waals surface area contributed by atoms with Gasteiger partial charge in [0, 0.05) is 11.8 Å². The minimum absolute atomic E-state index is 0.129. The second-order valence-electron chi connectivity index (χ2n) is 4.42. The maximum atomic E-state index is 5.37. The molecule has 110 valence electrons. The van der Waals surface area contributed by atoms with Gasteiger partial charge in [-0.15, -0.1) is 11.3 Å². The molecule has 0 aliphatic heterocycles. The summed E-state index contributed by atoms with van der Waals surface area (Å²) in [7, 11) is 0. The SMILES string of the molecule is NC(=S)NN=Cc1cn(-c2ccccc2)nc1-c1cccs1. The van der Waals surface area contributed by atoms with Gasteiger partial charge in [-0.3, -0.25) is 5.43 Å². The van der Waals surface area contributed by atoms with Crippen LogP contribution in [0.15, 0.2) is 59.1 Å². The van der Waals surface area contributed by atoms with Crippen LogP contribution in [0.25, 0.3) is 16.3 Å². The fourth-order valence-corrected chi connectivity index (χ4v) is 2.75. The number of rotatable bonds is 4. The Bertz CT molecular complexity index is 791. The number of hydrogen-bond donors (Lipinski definition) is 2. The molecule has 0 aliphatic rings. The Kier molecular flexibility index (Phi) is 4.27. The fourth-order valence-electron chi connectivity index (χ4n) is 1.96. The molecule has 0 fully saturated rings. The molecule has 0 aliphatic carbocycles. The lowest BCUT2D eigenvalue weighted by molar-refractivity contribution is 0.885. The van der Waals surface area contributed by atoms with E-state index in [1.807, 2.05) is 58.7 Å². The molecule has 22 heavy (non-hydrogen) atoms. The van der Waals surface area contributed by atoms with E-state index in [2.05, 4.69) is 15.6 Å². The van der Waals surface area contributed by atoms with Crippen molar-refractivity contribution >= 4 is 34.9 Å². The second kappa shape index (κ2) is 6.50. The average Bonchev–Trinajstić information content (AvgIpc) is 3.16. The normalized spacial score (nSPS) is 10.9. The van der Waals surface area contributed by atoms with E-state index < -0.39 is 0 Å². The summed E-state index contributed by atoms with van der Waals surface area (Å²) in [6.07, 6.45) is 3.59. The summed E-state index contributed by atoms with van der Waals surface area (Å²) < 4.78 is 1.83. The molecule has 0 amide bonds. The number of hydrogen-bond acceptors (Lipinski definition) is 4. The first-order chi connectivity index (χ1) is 10.7. The number of thiocarbonyl (C=S) groups is 1. The summed E-state index contributed by atoms with van der Waals surface area (Å²) in [4.78, 5) is 1.08. The summed E-state index contributed by atoms with van der Waals surface area (Å²) in [6.45, 7) is 0. The first-order valence-electron chi connectivity index (χ1n) is 6.51. The van der Waals surface area contributed by atoms with E-state index in [-0.39, 0.29) is 5.11 Å². The van der Waals surface area contributed by atoms with Gasteiger partial charge in [0.1, 0.15) is 5.69 Å². The fraction of sp³-hybridized carbons (Fsp3) is 0. The molecule has 2 aromatic heterocycles. The second-order valence-corrected chi connectivity index (χ2v) is 5.81. The average molecular weight is 327 g/mol. The Morgan fingerprint density at radius 3 is 2.77 bits per heavy atom. The van der Waals surface area contributed by atoms with Crippen molar-refractivity contribution in [1.82, 2.24) is 15.2 Å². The number of nitrogens with zero attached hydrogens (tertiary/aromatic N) is 3. The highest BCUT2D eigenvalue weighted by molar-refractivity contribution is 7.80. The minimum atomic E-state index is 0.129. The third kappa shape index (κ3) is 3.21. The van der Waals surface area contributed by atoms with Crippen molar-refractivity contribution in [2.24, 2.45) is 10.8 Å². The van der Waals surface area contributed by atoms with Gasteiger partial charge in [0.2, 0.25) is 0 Å². The summed E-state index contributed by atoms with van der Waals surface area (Å²) in [6, 6.07) is 13.9. The molecule has 1 aromatic carbocycles. The Morgan fingerprint density at radius 1 is 1.27 bits per heavy atom. The molecular weight excluding hydrogens is 314 g/mol.